The smallest absolute Gasteiger partial charge is 0.222 e. The van der Waals surface area contributed by atoms with E-state index in [-0.39, 0.29) is 5.91 Å². The lowest BCUT2D eigenvalue weighted by atomic mass is 10.1. The number of rotatable bonds is 6. The molecule has 1 fully saturated rings. The molecule has 0 saturated carbocycles. The van der Waals surface area contributed by atoms with E-state index in [1.165, 1.54) is 16.0 Å². The van der Waals surface area contributed by atoms with E-state index < -0.39 is 0 Å². The standard InChI is InChI=1S/C19H25N5OS/c1-14-10-21-17(26-14)12-23-19(20-2)22-11-15-5-3-6-16(9-15)13-24-8-4-7-18(24)25/h3,5-6,9-10H,4,7-8,11-13H2,1-2H3,(H2,20,22,23). The van der Waals surface area contributed by atoms with Crippen molar-refractivity contribution in [1.29, 1.82) is 0 Å². The Balaban J connectivity index is 1.51. The molecule has 7 heteroatoms. The molecule has 0 unspecified atom stereocenters. The largest absolute Gasteiger partial charge is 0.352 e. The number of guanidine groups is 1. The van der Waals surface area contributed by atoms with Crippen molar-refractivity contribution in [3.8, 4) is 0 Å². The Morgan fingerprint density at radius 1 is 1.31 bits per heavy atom. The maximum Gasteiger partial charge on any atom is 0.222 e. The van der Waals surface area contributed by atoms with Crippen LogP contribution in [-0.2, 0) is 24.4 Å². The number of thiazole rings is 1. The van der Waals surface area contributed by atoms with Crippen LogP contribution >= 0.6 is 11.3 Å². The van der Waals surface area contributed by atoms with E-state index in [1.807, 2.05) is 17.2 Å². The second-order valence-electron chi connectivity index (χ2n) is 6.38. The van der Waals surface area contributed by atoms with Gasteiger partial charge < -0.3 is 15.5 Å². The van der Waals surface area contributed by atoms with Crippen molar-refractivity contribution in [2.24, 2.45) is 4.99 Å². The van der Waals surface area contributed by atoms with E-state index >= 15 is 0 Å². The molecule has 6 nitrogen and oxygen atoms in total. The number of amides is 1. The molecule has 1 saturated heterocycles. The van der Waals surface area contributed by atoms with Crippen molar-refractivity contribution >= 4 is 23.2 Å². The highest BCUT2D eigenvalue weighted by Crippen LogP contribution is 2.15. The zero-order valence-electron chi connectivity index (χ0n) is 15.3. The predicted molar refractivity (Wildman–Crippen MR) is 105 cm³/mol. The van der Waals surface area contributed by atoms with Gasteiger partial charge in [-0.1, -0.05) is 24.3 Å². The molecule has 2 aromatic rings. The molecular formula is C19H25N5OS. The number of nitrogens with one attached hydrogen (secondary N) is 2. The highest BCUT2D eigenvalue weighted by molar-refractivity contribution is 7.11. The van der Waals surface area contributed by atoms with Crippen molar-refractivity contribution in [3.05, 3.63) is 51.5 Å². The van der Waals surface area contributed by atoms with Crippen molar-refractivity contribution in [2.75, 3.05) is 13.6 Å². The SMILES string of the molecule is CN=C(NCc1cccc(CN2CCCC2=O)c1)NCc1ncc(C)s1. The molecule has 0 atom stereocenters. The summed E-state index contributed by atoms with van der Waals surface area (Å²) in [6, 6.07) is 8.35. The van der Waals surface area contributed by atoms with Gasteiger partial charge in [0, 0.05) is 44.2 Å². The molecule has 138 valence electrons. The van der Waals surface area contributed by atoms with Gasteiger partial charge in [0.1, 0.15) is 5.01 Å². The molecule has 26 heavy (non-hydrogen) atoms. The van der Waals surface area contributed by atoms with Crippen LogP contribution in [0.5, 0.6) is 0 Å². The molecule has 2 N–H and O–H groups in total. The molecule has 0 radical (unpaired) electrons. The van der Waals surface area contributed by atoms with Crippen LogP contribution in [0, 0.1) is 6.92 Å². The number of hydrogen-bond donors (Lipinski definition) is 2. The zero-order valence-corrected chi connectivity index (χ0v) is 16.1. The van der Waals surface area contributed by atoms with Gasteiger partial charge in [0.2, 0.25) is 5.91 Å². The number of hydrogen-bond acceptors (Lipinski definition) is 4. The van der Waals surface area contributed by atoms with E-state index in [0.717, 1.165) is 23.9 Å². The second-order valence-corrected chi connectivity index (χ2v) is 7.70. The van der Waals surface area contributed by atoms with Gasteiger partial charge in [-0.3, -0.25) is 9.79 Å². The van der Waals surface area contributed by atoms with E-state index in [4.69, 9.17) is 0 Å². The monoisotopic (exact) mass is 371 g/mol. The average molecular weight is 372 g/mol. The first kappa shape index (κ1) is 18.4. The molecule has 1 aromatic heterocycles. The quantitative estimate of drug-likeness (QED) is 0.604. The Kier molecular flexibility index (Phi) is 6.22. The summed E-state index contributed by atoms with van der Waals surface area (Å²) < 4.78 is 0. The van der Waals surface area contributed by atoms with Crippen molar-refractivity contribution in [2.45, 2.75) is 39.4 Å². The van der Waals surface area contributed by atoms with Gasteiger partial charge in [0.25, 0.3) is 0 Å². The fourth-order valence-corrected chi connectivity index (χ4v) is 3.71. The third kappa shape index (κ3) is 5.05. The lowest BCUT2D eigenvalue weighted by molar-refractivity contribution is -0.128. The minimum atomic E-state index is 0.260. The van der Waals surface area contributed by atoms with Crippen molar-refractivity contribution in [1.82, 2.24) is 20.5 Å². The highest BCUT2D eigenvalue weighted by atomic mass is 32.1. The summed E-state index contributed by atoms with van der Waals surface area (Å²) in [5, 5.41) is 7.65. The van der Waals surface area contributed by atoms with Crippen LogP contribution in [0.3, 0.4) is 0 Å². The predicted octanol–water partition coefficient (Wildman–Crippen LogP) is 2.44. The molecule has 1 aliphatic heterocycles. The number of aryl methyl sites for hydroxylation is 1. The molecule has 1 aliphatic rings. The number of carbonyl (C=O) groups is 1. The van der Waals surface area contributed by atoms with Gasteiger partial charge in [-0.15, -0.1) is 11.3 Å². The van der Waals surface area contributed by atoms with Crippen LogP contribution in [0.1, 0.15) is 33.9 Å². The van der Waals surface area contributed by atoms with E-state index in [0.29, 0.717) is 26.1 Å². The fraction of sp³-hybridized carbons (Fsp3) is 0.421. The van der Waals surface area contributed by atoms with Gasteiger partial charge in [-0.2, -0.15) is 0 Å². The molecule has 0 spiro atoms. The number of likely N-dealkylation sites (tertiary alicyclic amines) is 1. The number of benzene rings is 1. The summed E-state index contributed by atoms with van der Waals surface area (Å²) in [5.41, 5.74) is 2.34. The Bertz CT molecular complexity index is 786. The summed E-state index contributed by atoms with van der Waals surface area (Å²) >= 11 is 1.68. The number of aliphatic imine (C=N–C) groups is 1. The number of nitrogens with zero attached hydrogens (tertiary/aromatic N) is 3. The maximum absolute atomic E-state index is 11.8. The topological polar surface area (TPSA) is 69.6 Å². The summed E-state index contributed by atoms with van der Waals surface area (Å²) in [4.78, 5) is 23.5. The summed E-state index contributed by atoms with van der Waals surface area (Å²) in [5.74, 6) is 1.01. The first-order valence-electron chi connectivity index (χ1n) is 8.85. The van der Waals surface area contributed by atoms with Crippen molar-refractivity contribution < 1.29 is 4.79 Å². The van der Waals surface area contributed by atoms with Crippen LogP contribution in [0.15, 0.2) is 35.5 Å². The van der Waals surface area contributed by atoms with Gasteiger partial charge in [-0.05, 0) is 24.5 Å². The molecule has 1 amide bonds. The molecule has 0 aliphatic carbocycles. The van der Waals surface area contributed by atoms with Gasteiger partial charge in [-0.25, -0.2) is 4.98 Å². The fourth-order valence-electron chi connectivity index (χ4n) is 2.98. The average Bonchev–Trinajstić information content (AvgIpc) is 3.24. The van der Waals surface area contributed by atoms with Gasteiger partial charge in [0.05, 0.1) is 6.54 Å². The zero-order chi connectivity index (χ0) is 18.4. The highest BCUT2D eigenvalue weighted by Gasteiger charge is 2.19. The number of carbonyl (C=O) groups excluding carboxylic acids is 1. The Morgan fingerprint density at radius 2 is 2.12 bits per heavy atom. The Labute approximate surface area is 158 Å². The molecule has 3 rings (SSSR count). The summed E-state index contributed by atoms with van der Waals surface area (Å²) in [6.07, 6.45) is 3.54. The van der Waals surface area contributed by atoms with Crippen LogP contribution in [0.4, 0.5) is 0 Å². The Hall–Kier alpha value is -2.41. The second kappa shape index (κ2) is 8.80. The minimum Gasteiger partial charge on any atom is -0.352 e. The lowest BCUT2D eigenvalue weighted by Gasteiger charge is -2.16. The molecular weight excluding hydrogens is 346 g/mol. The molecule has 1 aromatic carbocycles. The van der Waals surface area contributed by atoms with Crippen LogP contribution in [0.25, 0.3) is 0 Å². The van der Waals surface area contributed by atoms with E-state index in [9.17, 15) is 4.79 Å². The van der Waals surface area contributed by atoms with Crippen LogP contribution in [0.2, 0.25) is 0 Å². The normalized spacial score (nSPS) is 14.8. The third-order valence-corrected chi connectivity index (χ3v) is 5.21. The van der Waals surface area contributed by atoms with Crippen LogP contribution < -0.4 is 10.6 Å². The summed E-state index contributed by atoms with van der Waals surface area (Å²) in [7, 11) is 1.76. The van der Waals surface area contributed by atoms with E-state index in [2.05, 4.69) is 45.7 Å². The third-order valence-electron chi connectivity index (χ3n) is 4.30. The molecule has 2 heterocycles. The Morgan fingerprint density at radius 3 is 2.81 bits per heavy atom. The first-order chi connectivity index (χ1) is 12.6. The van der Waals surface area contributed by atoms with Crippen molar-refractivity contribution in [3.63, 3.8) is 0 Å². The van der Waals surface area contributed by atoms with Gasteiger partial charge >= 0.3 is 0 Å². The lowest BCUT2D eigenvalue weighted by Crippen LogP contribution is -2.36. The van der Waals surface area contributed by atoms with Gasteiger partial charge in [0.15, 0.2) is 5.96 Å². The summed E-state index contributed by atoms with van der Waals surface area (Å²) in [6.45, 7) is 4.96. The maximum atomic E-state index is 11.8. The van der Waals surface area contributed by atoms with Crippen LogP contribution in [-0.4, -0.2) is 35.3 Å². The number of aromatic nitrogens is 1. The van der Waals surface area contributed by atoms with E-state index in [1.54, 1.807) is 18.4 Å². The first-order valence-corrected chi connectivity index (χ1v) is 9.67. The molecule has 0 bridgehead atoms. The minimum absolute atomic E-state index is 0.260.